The maximum Gasteiger partial charge on any atom is 0.122 e. The molecular formula is C17H25NO3. The molecule has 1 fully saturated rings. The number of benzene rings is 1. The molecular weight excluding hydrogens is 266 g/mol. The van der Waals surface area contributed by atoms with Gasteiger partial charge in [0.2, 0.25) is 0 Å². The zero-order valence-electron chi connectivity index (χ0n) is 13.1. The van der Waals surface area contributed by atoms with Gasteiger partial charge in [0.15, 0.2) is 0 Å². The highest BCUT2D eigenvalue weighted by Crippen LogP contribution is 2.38. The summed E-state index contributed by atoms with van der Waals surface area (Å²) in [7, 11) is 3.89. The molecule has 1 heterocycles. The van der Waals surface area contributed by atoms with Crippen LogP contribution in [0.5, 0.6) is 5.75 Å². The lowest BCUT2D eigenvalue weighted by molar-refractivity contribution is -0.0649. The number of morpholine rings is 1. The Morgan fingerprint density at radius 2 is 2.19 bits per heavy atom. The summed E-state index contributed by atoms with van der Waals surface area (Å²) in [5.41, 5.74) is 3.53. The third-order valence-electron chi connectivity index (χ3n) is 4.98. The molecule has 0 bridgehead atoms. The zero-order chi connectivity index (χ0) is 15.0. The summed E-state index contributed by atoms with van der Waals surface area (Å²) >= 11 is 0. The first-order valence-corrected chi connectivity index (χ1v) is 7.84. The smallest absolute Gasteiger partial charge is 0.122 e. The number of rotatable bonds is 3. The van der Waals surface area contributed by atoms with Crippen molar-refractivity contribution in [1.82, 2.24) is 4.90 Å². The Labute approximate surface area is 126 Å². The molecule has 0 amide bonds. The van der Waals surface area contributed by atoms with Crippen molar-refractivity contribution in [2.75, 3.05) is 27.3 Å². The fourth-order valence-electron chi connectivity index (χ4n) is 3.68. The maximum absolute atomic E-state index is 10.3. The van der Waals surface area contributed by atoms with Crippen molar-refractivity contribution in [3.8, 4) is 5.75 Å². The largest absolute Gasteiger partial charge is 0.496 e. The number of fused-ring (bicyclic) bond motifs is 2. The van der Waals surface area contributed by atoms with Crippen LogP contribution in [-0.2, 0) is 17.6 Å². The third kappa shape index (κ3) is 2.56. The van der Waals surface area contributed by atoms with Crippen LogP contribution in [-0.4, -0.2) is 49.5 Å². The van der Waals surface area contributed by atoms with Gasteiger partial charge in [-0.25, -0.2) is 0 Å². The second kappa shape index (κ2) is 5.95. The topological polar surface area (TPSA) is 41.9 Å². The van der Waals surface area contributed by atoms with Crippen LogP contribution in [0.15, 0.2) is 12.1 Å². The number of aliphatic hydroxyl groups is 1. The standard InChI is InChI=1S/C17H25NO3/c1-4-15(19)11-5-6-16(20-3)13-9-14-17(10-12(11)13)21-8-7-18(14)2/h5-6,14-15,17,19H,4,7-10H2,1-3H3. The number of ether oxygens (including phenoxy) is 2. The molecule has 3 atom stereocenters. The van der Waals surface area contributed by atoms with Crippen LogP contribution >= 0.6 is 0 Å². The number of hydrogen-bond donors (Lipinski definition) is 1. The molecule has 1 aliphatic heterocycles. The molecule has 0 spiro atoms. The summed E-state index contributed by atoms with van der Waals surface area (Å²) in [5.74, 6) is 0.939. The van der Waals surface area contributed by atoms with Crippen LogP contribution in [0.2, 0.25) is 0 Å². The summed E-state index contributed by atoms with van der Waals surface area (Å²) in [6.45, 7) is 3.79. The molecule has 4 heteroatoms. The van der Waals surface area contributed by atoms with Gasteiger partial charge < -0.3 is 14.6 Å². The van der Waals surface area contributed by atoms with Crippen molar-refractivity contribution in [2.24, 2.45) is 0 Å². The Morgan fingerprint density at radius 1 is 1.38 bits per heavy atom. The van der Waals surface area contributed by atoms with Crippen LogP contribution in [0.4, 0.5) is 0 Å². The van der Waals surface area contributed by atoms with Gasteiger partial charge in [-0.1, -0.05) is 13.0 Å². The predicted molar refractivity (Wildman–Crippen MR) is 81.8 cm³/mol. The van der Waals surface area contributed by atoms with E-state index in [-0.39, 0.29) is 6.10 Å². The number of hydrogen-bond acceptors (Lipinski definition) is 4. The third-order valence-corrected chi connectivity index (χ3v) is 4.98. The van der Waals surface area contributed by atoms with E-state index >= 15 is 0 Å². The summed E-state index contributed by atoms with van der Waals surface area (Å²) in [4.78, 5) is 2.39. The fraction of sp³-hybridized carbons (Fsp3) is 0.647. The first-order chi connectivity index (χ1) is 10.2. The van der Waals surface area contributed by atoms with Crippen molar-refractivity contribution in [2.45, 2.75) is 44.4 Å². The molecule has 0 radical (unpaired) electrons. The lowest BCUT2D eigenvalue weighted by Crippen LogP contribution is -2.53. The summed E-state index contributed by atoms with van der Waals surface area (Å²) in [6, 6.07) is 4.42. The van der Waals surface area contributed by atoms with Crippen molar-refractivity contribution in [3.63, 3.8) is 0 Å². The monoisotopic (exact) mass is 291 g/mol. The quantitative estimate of drug-likeness (QED) is 0.924. The molecule has 1 N–H and O–H groups in total. The Kier molecular flexibility index (Phi) is 4.20. The van der Waals surface area contributed by atoms with Gasteiger partial charge in [0.25, 0.3) is 0 Å². The van der Waals surface area contributed by atoms with Gasteiger partial charge in [-0.05, 0) is 42.6 Å². The van der Waals surface area contributed by atoms with E-state index in [4.69, 9.17) is 9.47 Å². The molecule has 3 unspecified atom stereocenters. The average molecular weight is 291 g/mol. The van der Waals surface area contributed by atoms with Crippen molar-refractivity contribution < 1.29 is 14.6 Å². The van der Waals surface area contributed by atoms with Gasteiger partial charge in [-0.15, -0.1) is 0 Å². The Hall–Kier alpha value is -1.10. The Balaban J connectivity index is 2.03. The van der Waals surface area contributed by atoms with Gasteiger partial charge in [-0.3, -0.25) is 4.90 Å². The second-order valence-corrected chi connectivity index (χ2v) is 6.10. The molecule has 0 saturated carbocycles. The number of likely N-dealkylation sites (N-methyl/N-ethyl adjacent to an activating group) is 1. The SMILES string of the molecule is CCC(O)c1ccc(OC)c2c1CC1OCCN(C)C1C2. The molecule has 0 aromatic heterocycles. The zero-order valence-corrected chi connectivity index (χ0v) is 13.1. The highest BCUT2D eigenvalue weighted by Gasteiger charge is 2.37. The molecule has 2 aliphatic rings. The molecule has 1 saturated heterocycles. The van der Waals surface area contributed by atoms with Gasteiger partial charge in [-0.2, -0.15) is 0 Å². The van der Waals surface area contributed by atoms with E-state index in [2.05, 4.69) is 11.9 Å². The average Bonchev–Trinajstić information content (AvgIpc) is 2.52. The molecule has 4 nitrogen and oxygen atoms in total. The minimum absolute atomic E-state index is 0.228. The van der Waals surface area contributed by atoms with Crippen LogP contribution in [0, 0.1) is 0 Å². The maximum atomic E-state index is 10.3. The van der Waals surface area contributed by atoms with E-state index in [9.17, 15) is 5.11 Å². The van der Waals surface area contributed by atoms with Gasteiger partial charge in [0, 0.05) is 19.0 Å². The van der Waals surface area contributed by atoms with E-state index < -0.39 is 6.10 Å². The number of methoxy groups -OCH3 is 1. The predicted octanol–water partition coefficient (Wildman–Crippen LogP) is 1.94. The minimum Gasteiger partial charge on any atom is -0.496 e. The normalized spacial score (nSPS) is 26.9. The molecule has 1 aromatic rings. The van der Waals surface area contributed by atoms with E-state index in [1.165, 1.54) is 11.1 Å². The fourth-order valence-corrected chi connectivity index (χ4v) is 3.68. The van der Waals surface area contributed by atoms with Crippen LogP contribution < -0.4 is 4.74 Å². The number of nitrogens with zero attached hydrogens (tertiary/aromatic N) is 1. The summed E-state index contributed by atoms with van der Waals surface area (Å²) < 4.78 is 11.5. The van der Waals surface area contributed by atoms with Gasteiger partial charge in [0.1, 0.15) is 5.75 Å². The van der Waals surface area contributed by atoms with Crippen LogP contribution in [0.3, 0.4) is 0 Å². The van der Waals surface area contributed by atoms with E-state index in [1.54, 1.807) is 7.11 Å². The Morgan fingerprint density at radius 3 is 2.90 bits per heavy atom. The molecule has 116 valence electrons. The molecule has 1 aromatic carbocycles. The highest BCUT2D eigenvalue weighted by molar-refractivity contribution is 5.48. The number of aliphatic hydroxyl groups excluding tert-OH is 1. The first-order valence-electron chi connectivity index (χ1n) is 7.84. The summed E-state index contributed by atoms with van der Waals surface area (Å²) in [5, 5.41) is 10.3. The van der Waals surface area contributed by atoms with Crippen LogP contribution in [0.25, 0.3) is 0 Å². The molecule has 1 aliphatic carbocycles. The van der Waals surface area contributed by atoms with Crippen molar-refractivity contribution in [1.29, 1.82) is 0 Å². The van der Waals surface area contributed by atoms with Crippen molar-refractivity contribution in [3.05, 3.63) is 28.8 Å². The van der Waals surface area contributed by atoms with E-state index in [0.717, 1.165) is 43.7 Å². The van der Waals surface area contributed by atoms with Gasteiger partial charge >= 0.3 is 0 Å². The van der Waals surface area contributed by atoms with E-state index in [0.29, 0.717) is 6.04 Å². The first kappa shape index (κ1) is 14.8. The lowest BCUT2D eigenvalue weighted by Gasteiger charge is -2.43. The second-order valence-electron chi connectivity index (χ2n) is 6.10. The van der Waals surface area contributed by atoms with E-state index in [1.807, 2.05) is 19.1 Å². The molecule has 3 rings (SSSR count). The summed E-state index contributed by atoms with van der Waals surface area (Å²) in [6.07, 6.45) is 2.36. The molecule has 21 heavy (non-hydrogen) atoms. The lowest BCUT2D eigenvalue weighted by atomic mass is 9.80. The van der Waals surface area contributed by atoms with Crippen molar-refractivity contribution >= 4 is 0 Å². The van der Waals surface area contributed by atoms with Crippen LogP contribution in [0.1, 0.15) is 36.1 Å². The Bertz CT molecular complexity index is 517. The van der Waals surface area contributed by atoms with Gasteiger partial charge in [0.05, 0.1) is 25.9 Å². The highest BCUT2D eigenvalue weighted by atomic mass is 16.5. The minimum atomic E-state index is -0.400.